The number of carbonyl (C=O) groups is 5. The van der Waals surface area contributed by atoms with Gasteiger partial charge in [0, 0.05) is 25.6 Å². The van der Waals surface area contributed by atoms with Gasteiger partial charge in [0.15, 0.2) is 5.41 Å². The highest BCUT2D eigenvalue weighted by molar-refractivity contribution is 6.21. The average Bonchev–Trinajstić information content (AvgIpc) is 3.36. The molecule has 206 valence electrons. The van der Waals surface area contributed by atoms with Gasteiger partial charge in [0.2, 0.25) is 17.7 Å². The Bertz CT molecular complexity index is 1520. The van der Waals surface area contributed by atoms with Crippen LogP contribution in [-0.2, 0) is 19.1 Å². The van der Waals surface area contributed by atoms with Crippen molar-refractivity contribution in [2.75, 3.05) is 33.6 Å². The molecule has 2 aromatic carbocycles. The van der Waals surface area contributed by atoms with Gasteiger partial charge in [-0.15, -0.1) is 0 Å². The maximum absolute atomic E-state index is 14.3. The van der Waals surface area contributed by atoms with Crippen LogP contribution in [0.25, 0.3) is 0 Å². The van der Waals surface area contributed by atoms with Gasteiger partial charge in [0.1, 0.15) is 0 Å². The molecule has 3 heterocycles. The predicted molar refractivity (Wildman–Crippen MR) is 138 cm³/mol. The van der Waals surface area contributed by atoms with Gasteiger partial charge in [-0.05, 0) is 42.3 Å². The molecular formula is C28H26N4O8. The fourth-order valence-corrected chi connectivity index (χ4v) is 5.63. The highest BCUT2D eigenvalue weighted by Crippen LogP contribution is 2.59. The highest BCUT2D eigenvalue weighted by Gasteiger charge is 2.67. The molecule has 12 heteroatoms. The molecule has 1 saturated heterocycles. The van der Waals surface area contributed by atoms with Crippen LogP contribution in [0.2, 0.25) is 0 Å². The van der Waals surface area contributed by atoms with E-state index >= 15 is 0 Å². The van der Waals surface area contributed by atoms with Crippen molar-refractivity contribution in [3.63, 3.8) is 0 Å². The third-order valence-corrected chi connectivity index (χ3v) is 7.60. The number of rotatable bonds is 4. The zero-order chi connectivity index (χ0) is 28.9. The third kappa shape index (κ3) is 3.67. The van der Waals surface area contributed by atoms with Crippen LogP contribution in [0.3, 0.4) is 0 Å². The summed E-state index contributed by atoms with van der Waals surface area (Å²) in [6.45, 7) is 1.69. The number of methoxy groups -OCH3 is 2. The second-order valence-electron chi connectivity index (χ2n) is 9.63. The number of fused-ring (bicyclic) bond motifs is 1. The summed E-state index contributed by atoms with van der Waals surface area (Å²) in [6, 6.07) is 10.8. The van der Waals surface area contributed by atoms with Crippen LogP contribution < -0.4 is 5.32 Å². The molecule has 0 aliphatic carbocycles. The minimum atomic E-state index is -1.93. The number of nitrogens with one attached hydrogen (secondary N) is 1. The van der Waals surface area contributed by atoms with E-state index in [1.54, 1.807) is 31.2 Å². The lowest BCUT2D eigenvalue weighted by atomic mass is 9.59. The normalized spacial score (nSPS) is 19.8. The fraction of sp³-hybridized carbons (Fsp3) is 0.286. The lowest BCUT2D eigenvalue weighted by Crippen LogP contribution is -2.68. The van der Waals surface area contributed by atoms with E-state index in [1.807, 2.05) is 0 Å². The first-order valence-corrected chi connectivity index (χ1v) is 12.3. The minimum absolute atomic E-state index is 0.245. The average molecular weight is 547 g/mol. The van der Waals surface area contributed by atoms with Crippen LogP contribution in [0, 0.1) is 12.3 Å². The Kier molecular flexibility index (Phi) is 6.41. The number of urea groups is 1. The van der Waals surface area contributed by atoms with E-state index in [2.05, 4.69) is 10.5 Å². The number of ether oxygens (including phenoxy) is 2. The maximum Gasteiger partial charge on any atom is 0.337 e. The number of nitrogens with zero attached hydrogens (tertiary/aromatic N) is 3. The second-order valence-corrected chi connectivity index (χ2v) is 9.63. The van der Waals surface area contributed by atoms with Crippen LogP contribution in [0.4, 0.5) is 10.7 Å². The molecule has 0 bridgehead atoms. The van der Waals surface area contributed by atoms with Crippen molar-refractivity contribution >= 4 is 35.7 Å². The first kappa shape index (κ1) is 26.6. The molecule has 1 spiro atoms. The van der Waals surface area contributed by atoms with Gasteiger partial charge in [0.25, 0.3) is 0 Å². The molecule has 40 heavy (non-hydrogen) atoms. The molecule has 2 atom stereocenters. The maximum atomic E-state index is 14.3. The molecule has 1 N–H and O–H groups in total. The predicted octanol–water partition coefficient (Wildman–Crippen LogP) is 2.89. The lowest BCUT2D eigenvalue weighted by molar-refractivity contribution is -0.160. The van der Waals surface area contributed by atoms with E-state index in [4.69, 9.17) is 14.0 Å². The summed E-state index contributed by atoms with van der Waals surface area (Å²) in [5, 5.41) is 7.29. The minimum Gasteiger partial charge on any atom is -0.465 e. The third-order valence-electron chi connectivity index (χ3n) is 7.60. The van der Waals surface area contributed by atoms with E-state index in [-0.39, 0.29) is 17.0 Å². The van der Waals surface area contributed by atoms with Gasteiger partial charge < -0.3 is 19.3 Å². The van der Waals surface area contributed by atoms with Crippen molar-refractivity contribution in [3.8, 4) is 0 Å². The number of hydrogen-bond acceptors (Lipinski definition) is 10. The molecule has 2 aliphatic heterocycles. The Hall–Kier alpha value is -5.00. The number of barbiturate groups is 1. The van der Waals surface area contributed by atoms with Gasteiger partial charge in [-0.2, -0.15) is 0 Å². The van der Waals surface area contributed by atoms with Crippen molar-refractivity contribution in [1.82, 2.24) is 15.0 Å². The van der Waals surface area contributed by atoms with Gasteiger partial charge >= 0.3 is 18.0 Å². The largest absolute Gasteiger partial charge is 0.465 e. The first-order chi connectivity index (χ1) is 19.1. The molecular weight excluding hydrogens is 520 g/mol. The summed E-state index contributed by atoms with van der Waals surface area (Å²) in [6.07, 6.45) is 0. The summed E-state index contributed by atoms with van der Waals surface area (Å²) in [4.78, 5) is 67.6. The van der Waals surface area contributed by atoms with Crippen LogP contribution >= 0.6 is 0 Å². The second kappa shape index (κ2) is 9.63. The topological polar surface area (TPSA) is 148 Å². The summed E-state index contributed by atoms with van der Waals surface area (Å²) in [7, 11) is 5.17. The van der Waals surface area contributed by atoms with Crippen LogP contribution in [0.15, 0.2) is 53.1 Å². The Morgan fingerprint density at radius 2 is 1.32 bits per heavy atom. The molecule has 1 aromatic heterocycles. The molecule has 4 amide bonds. The van der Waals surface area contributed by atoms with Crippen LogP contribution in [-0.4, -0.2) is 73.1 Å². The Morgan fingerprint density at radius 1 is 0.850 bits per heavy atom. The molecule has 2 unspecified atom stereocenters. The highest BCUT2D eigenvalue weighted by atomic mass is 16.5. The number of benzene rings is 2. The molecule has 12 nitrogen and oxygen atoms in total. The molecule has 1 fully saturated rings. The Balaban J connectivity index is 1.80. The standard InChI is InChI=1S/C28H26N4O8/c1-14-19-20(15-6-10-17(11-7-15)23(33)38-4)28(25(35)31(2)27(37)32(3)26(28)36)21(29-22(19)40-30-14)16-8-12-18(13-9-16)24(34)39-5/h6-13,20-21,29H,1-5H3. The summed E-state index contributed by atoms with van der Waals surface area (Å²) in [5.41, 5.74) is 0.500. The molecule has 5 rings (SSSR count). The molecule has 0 saturated carbocycles. The number of aryl methyl sites for hydroxylation is 1. The molecule has 0 radical (unpaired) electrons. The van der Waals surface area contributed by atoms with E-state index in [1.165, 1.54) is 52.6 Å². The van der Waals surface area contributed by atoms with Gasteiger partial charge in [-0.25, -0.2) is 14.4 Å². The van der Waals surface area contributed by atoms with Crippen molar-refractivity contribution in [2.24, 2.45) is 5.41 Å². The van der Waals surface area contributed by atoms with Crippen molar-refractivity contribution in [3.05, 3.63) is 82.0 Å². The van der Waals surface area contributed by atoms with Crippen LogP contribution in [0.5, 0.6) is 0 Å². The number of hydrogen-bond donors (Lipinski definition) is 1. The van der Waals surface area contributed by atoms with E-state index < -0.39 is 47.2 Å². The lowest BCUT2D eigenvalue weighted by Gasteiger charge is -2.51. The zero-order valence-corrected chi connectivity index (χ0v) is 22.4. The number of imide groups is 2. The quantitative estimate of drug-likeness (QED) is 0.382. The van der Waals surface area contributed by atoms with Crippen LogP contribution in [0.1, 0.15) is 55.1 Å². The van der Waals surface area contributed by atoms with Crippen molar-refractivity contribution < 1.29 is 38.0 Å². The smallest absolute Gasteiger partial charge is 0.337 e. The van der Waals surface area contributed by atoms with E-state index in [0.717, 1.165) is 9.80 Å². The van der Waals surface area contributed by atoms with Gasteiger partial charge in [0.05, 0.1) is 37.1 Å². The van der Waals surface area contributed by atoms with E-state index in [9.17, 15) is 24.0 Å². The van der Waals surface area contributed by atoms with Gasteiger partial charge in [-0.3, -0.25) is 19.4 Å². The molecule has 2 aliphatic rings. The molecule has 3 aromatic rings. The Labute approximate surface area is 228 Å². The SMILES string of the molecule is COC(=O)c1ccc(C2Nc3onc(C)c3C(c3ccc(C(=O)OC)cc3)C23C(=O)N(C)C(=O)N(C)C3=O)cc1. The summed E-state index contributed by atoms with van der Waals surface area (Å²) >= 11 is 0. The Morgan fingerprint density at radius 3 is 1.80 bits per heavy atom. The number of esters is 2. The number of aromatic nitrogens is 1. The monoisotopic (exact) mass is 546 g/mol. The van der Waals surface area contributed by atoms with E-state index in [0.29, 0.717) is 22.4 Å². The van der Waals surface area contributed by atoms with Crippen molar-refractivity contribution in [1.29, 1.82) is 0 Å². The number of carbonyl (C=O) groups excluding carboxylic acids is 5. The van der Waals surface area contributed by atoms with Crippen molar-refractivity contribution in [2.45, 2.75) is 18.9 Å². The summed E-state index contributed by atoms with van der Waals surface area (Å²) < 4.78 is 15.2. The first-order valence-electron chi connectivity index (χ1n) is 12.3. The fourth-order valence-electron chi connectivity index (χ4n) is 5.63. The zero-order valence-electron chi connectivity index (χ0n) is 22.4. The van der Waals surface area contributed by atoms with Gasteiger partial charge in [-0.1, -0.05) is 29.4 Å². The number of anilines is 1. The number of amides is 4. The summed E-state index contributed by atoms with van der Waals surface area (Å²) in [5.74, 6) is -3.30.